The average Bonchev–Trinajstić information content (AvgIpc) is 3.21. The van der Waals surface area contributed by atoms with E-state index in [1.54, 1.807) is 30.3 Å². The standard InChI is InChI=1S/C20H19N3O3/c21-12-13-8-9-16(15(11-13)18(24)17-7-4-10-23-17)20(26,19(22)25)14-5-2-1-3-6-14/h1-3,5-6,8-9,11,17,23,26H,4,7,10H2,(H2,22,25)/t17-,20?/m0/s1. The minimum absolute atomic E-state index is 0.0916. The van der Waals surface area contributed by atoms with Crippen molar-refractivity contribution in [3.8, 4) is 6.07 Å². The molecule has 0 aliphatic carbocycles. The summed E-state index contributed by atoms with van der Waals surface area (Å²) < 4.78 is 0. The monoisotopic (exact) mass is 349 g/mol. The predicted molar refractivity (Wildman–Crippen MR) is 95.1 cm³/mol. The van der Waals surface area contributed by atoms with E-state index in [2.05, 4.69) is 5.32 Å². The molecule has 2 atom stereocenters. The van der Waals surface area contributed by atoms with Crippen LogP contribution in [-0.2, 0) is 10.4 Å². The van der Waals surface area contributed by atoms with Crippen molar-refractivity contribution in [3.63, 3.8) is 0 Å². The third-order valence-corrected chi connectivity index (χ3v) is 4.73. The molecule has 4 N–H and O–H groups in total. The van der Waals surface area contributed by atoms with Crippen molar-refractivity contribution >= 4 is 11.7 Å². The molecule has 1 aliphatic heterocycles. The van der Waals surface area contributed by atoms with E-state index in [9.17, 15) is 20.0 Å². The number of nitrogens with two attached hydrogens (primary N) is 1. The Balaban J connectivity index is 2.20. The molecule has 26 heavy (non-hydrogen) atoms. The summed E-state index contributed by atoms with van der Waals surface area (Å²) in [7, 11) is 0. The zero-order valence-corrected chi connectivity index (χ0v) is 14.1. The van der Waals surface area contributed by atoms with Crippen molar-refractivity contribution in [2.45, 2.75) is 24.5 Å². The molecule has 2 aromatic rings. The van der Waals surface area contributed by atoms with Gasteiger partial charge in [-0.3, -0.25) is 9.59 Å². The summed E-state index contributed by atoms with van der Waals surface area (Å²) >= 11 is 0. The number of aliphatic hydroxyl groups is 1. The van der Waals surface area contributed by atoms with E-state index in [-0.39, 0.29) is 28.0 Å². The van der Waals surface area contributed by atoms with Crippen molar-refractivity contribution in [2.24, 2.45) is 5.73 Å². The van der Waals surface area contributed by atoms with Crippen LogP contribution < -0.4 is 11.1 Å². The normalized spacial score (nSPS) is 18.7. The van der Waals surface area contributed by atoms with Crippen LogP contribution in [0.25, 0.3) is 0 Å². The second-order valence-corrected chi connectivity index (χ2v) is 6.33. The van der Waals surface area contributed by atoms with Gasteiger partial charge >= 0.3 is 0 Å². The van der Waals surface area contributed by atoms with Crippen molar-refractivity contribution in [2.75, 3.05) is 6.54 Å². The Morgan fingerprint density at radius 1 is 1.23 bits per heavy atom. The number of carbonyl (C=O) groups is 2. The Morgan fingerprint density at radius 2 is 1.96 bits per heavy atom. The Hall–Kier alpha value is -3.01. The summed E-state index contributed by atoms with van der Waals surface area (Å²) in [5.74, 6) is -1.24. The van der Waals surface area contributed by atoms with Crippen LogP contribution in [0.5, 0.6) is 0 Å². The molecule has 1 fully saturated rings. The summed E-state index contributed by atoms with van der Waals surface area (Å²) in [6.07, 6.45) is 1.53. The van der Waals surface area contributed by atoms with Crippen LogP contribution >= 0.6 is 0 Å². The number of Topliss-reactive ketones (excluding diaryl/α,β-unsaturated/α-hetero) is 1. The van der Waals surface area contributed by atoms with Crippen molar-refractivity contribution in [1.29, 1.82) is 5.26 Å². The summed E-state index contributed by atoms with van der Waals surface area (Å²) in [6, 6.07) is 14.1. The molecule has 0 radical (unpaired) electrons. The van der Waals surface area contributed by atoms with E-state index in [1.165, 1.54) is 18.2 Å². The molecule has 0 aromatic heterocycles. The number of benzene rings is 2. The molecule has 6 heteroatoms. The Morgan fingerprint density at radius 3 is 2.54 bits per heavy atom. The molecule has 0 spiro atoms. The van der Waals surface area contributed by atoms with Gasteiger partial charge in [0, 0.05) is 11.1 Å². The van der Waals surface area contributed by atoms with Crippen LogP contribution in [0.2, 0.25) is 0 Å². The molecule has 1 aliphatic rings. The van der Waals surface area contributed by atoms with Gasteiger partial charge in [-0.1, -0.05) is 36.4 Å². The number of carbonyl (C=O) groups excluding carboxylic acids is 2. The van der Waals surface area contributed by atoms with Gasteiger partial charge in [0.2, 0.25) is 0 Å². The lowest BCUT2D eigenvalue weighted by atomic mass is 9.80. The molecule has 2 aromatic carbocycles. The number of amides is 1. The molecule has 0 saturated carbocycles. The fourth-order valence-corrected chi connectivity index (χ4v) is 3.34. The topological polar surface area (TPSA) is 116 Å². The Bertz CT molecular complexity index is 883. The van der Waals surface area contributed by atoms with Crippen LogP contribution in [-0.4, -0.2) is 29.4 Å². The first-order valence-electron chi connectivity index (χ1n) is 8.38. The maximum absolute atomic E-state index is 13.0. The average molecular weight is 349 g/mol. The van der Waals surface area contributed by atoms with Crippen LogP contribution in [0.1, 0.15) is 39.9 Å². The van der Waals surface area contributed by atoms with Gasteiger partial charge < -0.3 is 16.2 Å². The van der Waals surface area contributed by atoms with Crippen molar-refractivity contribution in [3.05, 3.63) is 70.8 Å². The molecular formula is C20H19N3O3. The van der Waals surface area contributed by atoms with Gasteiger partial charge in [0.05, 0.1) is 17.7 Å². The van der Waals surface area contributed by atoms with Crippen molar-refractivity contribution < 1.29 is 14.7 Å². The molecule has 0 bridgehead atoms. The summed E-state index contributed by atoms with van der Waals surface area (Å²) in [6.45, 7) is 0.725. The van der Waals surface area contributed by atoms with Crippen LogP contribution in [0.4, 0.5) is 0 Å². The maximum atomic E-state index is 13.0. The highest BCUT2D eigenvalue weighted by molar-refractivity contribution is 6.04. The van der Waals surface area contributed by atoms with E-state index in [4.69, 9.17) is 5.73 Å². The molecule has 1 amide bonds. The first kappa shape index (κ1) is 17.8. The fraction of sp³-hybridized carbons (Fsp3) is 0.250. The minimum atomic E-state index is -2.17. The maximum Gasteiger partial charge on any atom is 0.258 e. The highest BCUT2D eigenvalue weighted by Gasteiger charge is 2.42. The van der Waals surface area contributed by atoms with Gasteiger partial charge in [0.15, 0.2) is 11.4 Å². The highest BCUT2D eigenvalue weighted by atomic mass is 16.3. The Labute approximate surface area is 151 Å². The number of ketones is 1. The number of rotatable bonds is 5. The smallest absolute Gasteiger partial charge is 0.258 e. The van der Waals surface area contributed by atoms with E-state index < -0.39 is 17.6 Å². The van der Waals surface area contributed by atoms with Gasteiger partial charge in [0.25, 0.3) is 5.91 Å². The van der Waals surface area contributed by atoms with Gasteiger partial charge in [-0.2, -0.15) is 5.26 Å². The van der Waals surface area contributed by atoms with Gasteiger partial charge in [-0.15, -0.1) is 0 Å². The van der Waals surface area contributed by atoms with Gasteiger partial charge in [0.1, 0.15) is 0 Å². The van der Waals surface area contributed by atoms with E-state index in [0.29, 0.717) is 6.42 Å². The summed E-state index contributed by atoms with van der Waals surface area (Å²) in [4.78, 5) is 25.3. The van der Waals surface area contributed by atoms with Gasteiger partial charge in [-0.25, -0.2) is 0 Å². The summed E-state index contributed by atoms with van der Waals surface area (Å²) in [5.41, 5.74) is 4.15. The quantitative estimate of drug-likeness (QED) is 0.702. The zero-order chi connectivity index (χ0) is 18.7. The third kappa shape index (κ3) is 2.99. The molecule has 1 unspecified atom stereocenters. The molecular weight excluding hydrogens is 330 g/mol. The first-order chi connectivity index (χ1) is 12.5. The van der Waals surface area contributed by atoms with Gasteiger partial charge in [-0.05, 0) is 37.1 Å². The third-order valence-electron chi connectivity index (χ3n) is 4.73. The number of hydrogen-bond acceptors (Lipinski definition) is 5. The lowest BCUT2D eigenvalue weighted by molar-refractivity contribution is -0.133. The van der Waals surface area contributed by atoms with Crippen molar-refractivity contribution in [1.82, 2.24) is 5.32 Å². The highest BCUT2D eigenvalue weighted by Crippen LogP contribution is 2.33. The predicted octanol–water partition coefficient (Wildman–Crippen LogP) is 1.21. The molecule has 3 rings (SSSR count). The first-order valence-corrected chi connectivity index (χ1v) is 8.38. The van der Waals surface area contributed by atoms with Crippen LogP contribution in [0, 0.1) is 11.3 Å². The number of primary amides is 1. The molecule has 6 nitrogen and oxygen atoms in total. The molecule has 1 heterocycles. The molecule has 1 saturated heterocycles. The molecule has 132 valence electrons. The van der Waals surface area contributed by atoms with Crippen LogP contribution in [0.15, 0.2) is 48.5 Å². The van der Waals surface area contributed by atoms with E-state index in [0.717, 1.165) is 13.0 Å². The zero-order valence-electron chi connectivity index (χ0n) is 14.1. The van der Waals surface area contributed by atoms with E-state index in [1.807, 2.05) is 6.07 Å². The number of nitrogens with zero attached hydrogens (tertiary/aromatic N) is 1. The second-order valence-electron chi connectivity index (χ2n) is 6.33. The lowest BCUT2D eigenvalue weighted by Crippen LogP contribution is -2.44. The second kappa shape index (κ2) is 7.08. The summed E-state index contributed by atoms with van der Waals surface area (Å²) in [5, 5.41) is 23.5. The SMILES string of the molecule is N#Cc1ccc(C(O)(C(N)=O)c2ccccc2)c(C(=O)[C@@H]2CCCN2)c1. The lowest BCUT2D eigenvalue weighted by Gasteiger charge is -2.28. The number of nitriles is 1. The largest absolute Gasteiger partial charge is 0.372 e. The number of nitrogens with one attached hydrogen (secondary N) is 1. The number of hydrogen-bond donors (Lipinski definition) is 3. The fourth-order valence-electron chi connectivity index (χ4n) is 3.34. The Kier molecular flexibility index (Phi) is 4.85. The minimum Gasteiger partial charge on any atom is -0.372 e. The van der Waals surface area contributed by atoms with Crippen LogP contribution in [0.3, 0.4) is 0 Å². The van der Waals surface area contributed by atoms with E-state index >= 15 is 0 Å².